The summed E-state index contributed by atoms with van der Waals surface area (Å²) in [4.78, 5) is 17.2. The van der Waals surface area contributed by atoms with Crippen LogP contribution in [-0.2, 0) is 14.8 Å². The van der Waals surface area contributed by atoms with Gasteiger partial charge in [-0.3, -0.25) is 4.79 Å². The van der Waals surface area contributed by atoms with Gasteiger partial charge in [0.05, 0.1) is 17.8 Å². The third-order valence-electron chi connectivity index (χ3n) is 5.56. The zero-order chi connectivity index (χ0) is 22.7. The highest BCUT2D eigenvalue weighted by molar-refractivity contribution is 7.90. The molecule has 32 heavy (non-hydrogen) atoms. The fourth-order valence-corrected chi connectivity index (χ4v) is 4.82. The number of rotatable bonds is 8. The van der Waals surface area contributed by atoms with Crippen LogP contribution in [0.2, 0.25) is 0 Å². The lowest BCUT2D eigenvalue weighted by Gasteiger charge is -2.20. The summed E-state index contributed by atoms with van der Waals surface area (Å²) in [6, 6.07) is 14.7. The lowest BCUT2D eigenvalue weighted by atomic mass is 9.93. The first-order chi connectivity index (χ1) is 15.4. The molecule has 1 aromatic heterocycles. The maximum atomic E-state index is 12.9. The molecular weight excluding hydrogens is 428 g/mol. The Bertz CT molecular complexity index is 1240. The quantitative estimate of drug-likeness (QED) is 0.536. The van der Waals surface area contributed by atoms with Gasteiger partial charge < -0.3 is 15.1 Å². The summed E-state index contributed by atoms with van der Waals surface area (Å²) < 4.78 is 34.8. The number of sulfonamides is 1. The van der Waals surface area contributed by atoms with Gasteiger partial charge in [-0.25, -0.2) is 4.98 Å². The fourth-order valence-electron chi connectivity index (χ4n) is 3.65. The molecule has 4 rings (SSSR count). The topological polar surface area (TPSA) is 114 Å². The average Bonchev–Trinajstić information content (AvgIpc) is 3.33. The van der Waals surface area contributed by atoms with Crippen LogP contribution in [-0.4, -0.2) is 32.1 Å². The summed E-state index contributed by atoms with van der Waals surface area (Å²) in [6.45, 7) is 1.93. The lowest BCUT2D eigenvalue weighted by Crippen LogP contribution is -2.29. The molecule has 0 saturated carbocycles. The van der Waals surface area contributed by atoms with Crippen molar-refractivity contribution in [3.05, 3.63) is 78.0 Å². The summed E-state index contributed by atoms with van der Waals surface area (Å²) in [5, 5.41) is 5.97. The van der Waals surface area contributed by atoms with Crippen molar-refractivity contribution in [2.24, 2.45) is 4.40 Å². The Morgan fingerprint density at radius 3 is 2.62 bits per heavy atom. The Hall–Kier alpha value is -3.30. The largest absolute Gasteiger partial charge is 0.448 e. The Kier molecular flexibility index (Phi) is 6.20. The summed E-state index contributed by atoms with van der Waals surface area (Å²) >= 11 is 0. The Morgan fingerprint density at radius 2 is 1.94 bits per heavy atom. The molecule has 0 amide bonds. The van der Waals surface area contributed by atoms with E-state index in [0.717, 1.165) is 11.1 Å². The van der Waals surface area contributed by atoms with Crippen molar-refractivity contribution >= 4 is 27.3 Å². The maximum Gasteiger partial charge on any atom is 0.286 e. The van der Waals surface area contributed by atoms with Crippen LogP contribution in [0.1, 0.15) is 48.7 Å². The summed E-state index contributed by atoms with van der Waals surface area (Å²) in [5.41, 5.74) is 2.13. The first-order valence-electron chi connectivity index (χ1n) is 10.3. The molecule has 0 saturated heterocycles. The second-order valence-corrected chi connectivity index (χ2v) is 9.17. The molecule has 8 nitrogen and oxygen atoms in total. The molecule has 166 valence electrons. The molecule has 3 aromatic rings. The predicted molar refractivity (Wildman–Crippen MR) is 121 cm³/mol. The number of Topliss-reactive ketones (excluding diaryl/α,β-unsaturated/α-hetero) is 1. The zero-order valence-electron chi connectivity index (χ0n) is 17.8. The third kappa shape index (κ3) is 4.49. The highest BCUT2D eigenvalue weighted by atomic mass is 32.2. The second-order valence-electron chi connectivity index (χ2n) is 7.60. The molecule has 0 radical (unpaired) electrons. The van der Waals surface area contributed by atoms with Crippen molar-refractivity contribution in [3.63, 3.8) is 0 Å². The van der Waals surface area contributed by atoms with Gasteiger partial charge in [-0.2, -0.15) is 8.42 Å². The number of hydrogen-bond donors (Lipinski definition) is 2. The van der Waals surface area contributed by atoms with Crippen molar-refractivity contribution in [1.29, 1.82) is 0 Å². The minimum absolute atomic E-state index is 0.0207. The van der Waals surface area contributed by atoms with E-state index in [1.165, 1.54) is 6.26 Å². The van der Waals surface area contributed by atoms with Crippen molar-refractivity contribution in [1.82, 2.24) is 10.3 Å². The van der Waals surface area contributed by atoms with E-state index in [0.29, 0.717) is 18.0 Å². The maximum absolute atomic E-state index is 12.9. The molecule has 0 aliphatic carbocycles. The van der Waals surface area contributed by atoms with Gasteiger partial charge in [0.2, 0.25) is 5.89 Å². The van der Waals surface area contributed by atoms with E-state index in [-0.39, 0.29) is 34.9 Å². The number of oxazole rings is 1. The molecule has 1 aliphatic rings. The second kappa shape index (κ2) is 9.05. The zero-order valence-corrected chi connectivity index (χ0v) is 18.6. The van der Waals surface area contributed by atoms with Crippen LogP contribution in [0.4, 0.5) is 5.69 Å². The van der Waals surface area contributed by atoms with Gasteiger partial charge in [0.1, 0.15) is 11.2 Å². The Labute approximate surface area is 186 Å². The Balaban J connectivity index is 1.54. The van der Waals surface area contributed by atoms with Gasteiger partial charge in [-0.05, 0) is 43.7 Å². The van der Waals surface area contributed by atoms with Crippen LogP contribution in [0, 0.1) is 0 Å². The van der Waals surface area contributed by atoms with Crippen LogP contribution in [0.15, 0.2) is 74.7 Å². The molecule has 2 unspecified atom stereocenters. The van der Waals surface area contributed by atoms with Crippen molar-refractivity contribution in [2.75, 3.05) is 12.4 Å². The first-order valence-corrected chi connectivity index (χ1v) is 11.7. The summed E-state index contributed by atoms with van der Waals surface area (Å²) in [5.74, 6) is -0.286. The number of fused-ring (bicyclic) bond motifs is 1. The number of aromatic nitrogens is 1. The molecule has 2 aromatic carbocycles. The number of amidine groups is 1. The number of nitrogens with one attached hydrogen (secondary N) is 2. The van der Waals surface area contributed by atoms with E-state index < -0.39 is 10.0 Å². The third-order valence-corrected chi connectivity index (χ3v) is 6.87. The van der Waals surface area contributed by atoms with Gasteiger partial charge >= 0.3 is 0 Å². The molecule has 1 aliphatic heterocycles. The van der Waals surface area contributed by atoms with E-state index in [9.17, 15) is 13.2 Å². The molecule has 2 N–H and O–H groups in total. The molecule has 0 fully saturated rings. The first kappa shape index (κ1) is 21.9. The van der Waals surface area contributed by atoms with Crippen LogP contribution >= 0.6 is 0 Å². The van der Waals surface area contributed by atoms with Crippen LogP contribution in [0.3, 0.4) is 0 Å². The number of hydrogen-bond acceptors (Lipinski definition) is 7. The minimum atomic E-state index is -3.99. The summed E-state index contributed by atoms with van der Waals surface area (Å²) in [7, 11) is -2.19. The smallest absolute Gasteiger partial charge is 0.286 e. The fraction of sp³-hybridized carbons (Fsp3) is 0.261. The van der Waals surface area contributed by atoms with Crippen LogP contribution in [0.5, 0.6) is 0 Å². The number of carbonyl (C=O) groups excluding carboxylic acids is 1. The molecule has 2 heterocycles. The van der Waals surface area contributed by atoms with Crippen molar-refractivity contribution in [2.45, 2.75) is 36.6 Å². The molecule has 0 bridgehead atoms. The average molecular weight is 453 g/mol. The molecular formula is C23H24N4O4S. The van der Waals surface area contributed by atoms with E-state index in [4.69, 9.17) is 4.42 Å². The van der Waals surface area contributed by atoms with E-state index in [2.05, 4.69) is 20.0 Å². The Morgan fingerprint density at radius 1 is 1.16 bits per heavy atom. The van der Waals surface area contributed by atoms with Gasteiger partial charge in [-0.15, -0.1) is 4.40 Å². The molecule has 9 heteroatoms. The van der Waals surface area contributed by atoms with Crippen molar-refractivity contribution in [3.8, 4) is 0 Å². The lowest BCUT2D eigenvalue weighted by molar-refractivity contribution is -0.113. The minimum Gasteiger partial charge on any atom is -0.448 e. The highest BCUT2D eigenvalue weighted by Crippen LogP contribution is 2.32. The monoisotopic (exact) mass is 452 g/mol. The molecule has 0 spiro atoms. The number of ketones is 1. The summed E-state index contributed by atoms with van der Waals surface area (Å²) in [6.07, 6.45) is 3.53. The van der Waals surface area contributed by atoms with Crippen LogP contribution in [0.25, 0.3) is 0 Å². The number of benzene rings is 2. The number of carbonyl (C=O) groups is 1. The van der Waals surface area contributed by atoms with E-state index >= 15 is 0 Å². The van der Waals surface area contributed by atoms with Crippen LogP contribution < -0.4 is 10.6 Å². The molecule has 2 atom stereocenters. The van der Waals surface area contributed by atoms with Crippen molar-refractivity contribution < 1.29 is 17.6 Å². The van der Waals surface area contributed by atoms with Gasteiger partial charge in [0.15, 0.2) is 11.6 Å². The van der Waals surface area contributed by atoms with Gasteiger partial charge in [0.25, 0.3) is 10.0 Å². The van der Waals surface area contributed by atoms with E-state index in [1.54, 1.807) is 25.4 Å². The number of nitrogens with zero attached hydrogens (tertiary/aromatic N) is 2. The normalized spacial score (nSPS) is 16.4. The number of anilines is 1. The van der Waals surface area contributed by atoms with Gasteiger partial charge in [0, 0.05) is 12.5 Å². The SMILES string of the molecule is CNC(C)c1ccc2c(c1)S(=O)(=O)N=C(C(=O)CCC(c1ccccc1)c1ncco1)N2. The predicted octanol–water partition coefficient (Wildman–Crippen LogP) is 3.65. The highest BCUT2D eigenvalue weighted by Gasteiger charge is 2.29. The van der Waals surface area contributed by atoms with E-state index in [1.807, 2.05) is 43.3 Å². The standard InChI is InChI=1S/C23H24N4O4S/c1-15(24-2)17-8-10-19-21(14-17)32(29,30)27-22(26-19)20(28)11-9-18(23-25-12-13-31-23)16-6-4-3-5-7-16/h3-8,10,12-15,18,24H,9,11H2,1-2H3,(H,26,27). The van der Waals surface area contributed by atoms with Gasteiger partial charge in [-0.1, -0.05) is 36.4 Å².